The lowest BCUT2D eigenvalue weighted by Crippen LogP contribution is -2.43. The highest BCUT2D eigenvalue weighted by Gasteiger charge is 2.31. The van der Waals surface area contributed by atoms with Gasteiger partial charge < -0.3 is 5.32 Å². The number of imidazole rings is 1. The zero-order valence-electron chi connectivity index (χ0n) is 15.5. The molecule has 0 aromatic carbocycles. The SMILES string of the molecule is Cc1cc(C(=O)N[C@H]2CC[C@H](N3CC[C@@H](F)C3)CC2)nc(-n2ccnc2)n1. The van der Waals surface area contributed by atoms with Gasteiger partial charge in [-0.15, -0.1) is 0 Å². The number of amides is 1. The molecule has 1 N–H and O–H groups in total. The lowest BCUT2D eigenvalue weighted by atomic mass is 9.90. The maximum atomic E-state index is 13.4. The summed E-state index contributed by atoms with van der Waals surface area (Å²) in [4.78, 5) is 27.7. The number of aromatic nitrogens is 4. The number of nitrogens with one attached hydrogen (secondary N) is 1. The third-order valence-corrected chi connectivity index (χ3v) is 5.52. The fourth-order valence-electron chi connectivity index (χ4n) is 4.08. The molecule has 1 amide bonds. The summed E-state index contributed by atoms with van der Waals surface area (Å²) >= 11 is 0. The van der Waals surface area contributed by atoms with Gasteiger partial charge in [0.1, 0.15) is 18.2 Å². The van der Waals surface area contributed by atoms with E-state index in [9.17, 15) is 9.18 Å². The number of carbonyl (C=O) groups excluding carboxylic acids is 1. The van der Waals surface area contributed by atoms with Crippen LogP contribution in [0.25, 0.3) is 5.95 Å². The summed E-state index contributed by atoms with van der Waals surface area (Å²) in [5.41, 5.74) is 1.10. The monoisotopic (exact) mass is 372 g/mol. The Hall–Kier alpha value is -2.35. The summed E-state index contributed by atoms with van der Waals surface area (Å²) < 4.78 is 15.1. The Kier molecular flexibility index (Phi) is 5.15. The van der Waals surface area contributed by atoms with E-state index in [4.69, 9.17) is 0 Å². The third-order valence-electron chi connectivity index (χ3n) is 5.52. The number of aryl methyl sites for hydroxylation is 1. The molecular weight excluding hydrogens is 347 g/mol. The zero-order chi connectivity index (χ0) is 18.8. The van der Waals surface area contributed by atoms with E-state index >= 15 is 0 Å². The average Bonchev–Trinajstić information content (AvgIpc) is 3.34. The maximum Gasteiger partial charge on any atom is 0.270 e. The van der Waals surface area contributed by atoms with E-state index < -0.39 is 6.17 Å². The van der Waals surface area contributed by atoms with Crippen molar-refractivity contribution >= 4 is 5.91 Å². The van der Waals surface area contributed by atoms with Gasteiger partial charge in [0.25, 0.3) is 5.91 Å². The molecule has 144 valence electrons. The molecule has 1 saturated heterocycles. The van der Waals surface area contributed by atoms with Gasteiger partial charge in [0.15, 0.2) is 0 Å². The third kappa shape index (κ3) is 4.16. The van der Waals surface area contributed by atoms with Crippen LogP contribution in [0, 0.1) is 6.92 Å². The Morgan fingerprint density at radius 2 is 2.04 bits per heavy atom. The highest BCUT2D eigenvalue weighted by molar-refractivity contribution is 5.92. The van der Waals surface area contributed by atoms with Crippen LogP contribution in [-0.4, -0.2) is 61.7 Å². The van der Waals surface area contributed by atoms with Crippen molar-refractivity contribution in [2.24, 2.45) is 0 Å². The van der Waals surface area contributed by atoms with Crippen LogP contribution in [0.4, 0.5) is 4.39 Å². The molecule has 2 aromatic heterocycles. The molecule has 0 unspecified atom stereocenters. The molecule has 3 heterocycles. The number of hydrogen-bond donors (Lipinski definition) is 1. The predicted molar refractivity (Wildman–Crippen MR) is 98.5 cm³/mol. The van der Waals surface area contributed by atoms with Crippen LogP contribution in [0.3, 0.4) is 0 Å². The van der Waals surface area contributed by atoms with Crippen molar-refractivity contribution in [3.05, 3.63) is 36.2 Å². The minimum atomic E-state index is -0.673. The van der Waals surface area contributed by atoms with Crippen LogP contribution in [-0.2, 0) is 0 Å². The topological polar surface area (TPSA) is 75.9 Å². The number of hydrogen-bond acceptors (Lipinski definition) is 5. The normalized spacial score (nSPS) is 26.2. The Bertz CT molecular complexity index is 788. The Morgan fingerprint density at radius 3 is 2.70 bits per heavy atom. The van der Waals surface area contributed by atoms with Gasteiger partial charge in [-0.2, -0.15) is 0 Å². The first-order valence-corrected chi connectivity index (χ1v) is 9.61. The summed E-state index contributed by atoms with van der Waals surface area (Å²) in [5, 5.41) is 3.11. The number of halogens is 1. The first-order valence-electron chi connectivity index (χ1n) is 9.61. The zero-order valence-corrected chi connectivity index (χ0v) is 15.5. The second-order valence-corrected chi connectivity index (χ2v) is 7.52. The van der Waals surface area contributed by atoms with Crippen LogP contribution in [0.1, 0.15) is 48.3 Å². The van der Waals surface area contributed by atoms with Crippen LogP contribution < -0.4 is 5.32 Å². The fourth-order valence-corrected chi connectivity index (χ4v) is 4.08. The van der Waals surface area contributed by atoms with Crippen LogP contribution in [0.5, 0.6) is 0 Å². The minimum absolute atomic E-state index is 0.143. The van der Waals surface area contributed by atoms with E-state index in [1.54, 1.807) is 29.4 Å². The van der Waals surface area contributed by atoms with Crippen molar-refractivity contribution in [3.8, 4) is 5.95 Å². The summed E-state index contributed by atoms with van der Waals surface area (Å²) in [6.45, 7) is 3.28. The number of alkyl halides is 1. The number of carbonyl (C=O) groups is 1. The van der Waals surface area contributed by atoms with E-state index in [-0.39, 0.29) is 11.9 Å². The number of likely N-dealkylation sites (tertiary alicyclic amines) is 1. The maximum absolute atomic E-state index is 13.4. The second-order valence-electron chi connectivity index (χ2n) is 7.52. The molecule has 1 aliphatic carbocycles. The molecule has 1 atom stereocenters. The van der Waals surface area contributed by atoms with Gasteiger partial charge in [-0.25, -0.2) is 19.3 Å². The summed E-state index contributed by atoms with van der Waals surface area (Å²) in [6, 6.07) is 2.30. The van der Waals surface area contributed by atoms with Gasteiger partial charge >= 0.3 is 0 Å². The van der Waals surface area contributed by atoms with Gasteiger partial charge in [0, 0.05) is 43.3 Å². The van der Waals surface area contributed by atoms with Crippen LogP contribution in [0.15, 0.2) is 24.8 Å². The van der Waals surface area contributed by atoms with Gasteiger partial charge in [-0.3, -0.25) is 14.3 Å². The largest absolute Gasteiger partial charge is 0.348 e. The van der Waals surface area contributed by atoms with E-state index in [1.165, 1.54) is 0 Å². The molecular formula is C19H25FN6O. The molecule has 1 saturated carbocycles. The fraction of sp³-hybridized carbons (Fsp3) is 0.579. The van der Waals surface area contributed by atoms with Crippen molar-refractivity contribution in [1.29, 1.82) is 0 Å². The first-order chi connectivity index (χ1) is 13.1. The van der Waals surface area contributed by atoms with Crippen molar-refractivity contribution in [3.63, 3.8) is 0 Å². The molecule has 0 radical (unpaired) electrons. The highest BCUT2D eigenvalue weighted by atomic mass is 19.1. The van der Waals surface area contributed by atoms with Crippen LogP contribution in [0.2, 0.25) is 0 Å². The van der Waals surface area contributed by atoms with E-state index in [0.717, 1.165) is 37.9 Å². The van der Waals surface area contributed by atoms with E-state index in [0.29, 0.717) is 30.6 Å². The van der Waals surface area contributed by atoms with Crippen LogP contribution >= 0.6 is 0 Å². The average molecular weight is 372 g/mol. The smallest absolute Gasteiger partial charge is 0.270 e. The summed E-state index contributed by atoms with van der Waals surface area (Å²) in [5.74, 6) is 0.270. The standard InChI is InChI=1S/C19H25FN6O/c1-13-10-17(24-19(22-13)26-9-7-21-12-26)18(27)23-15-2-4-16(5-3-15)25-8-6-14(20)11-25/h7,9-10,12,14-16H,2-6,8,11H2,1H3,(H,23,27)/t14-,15-,16-/m1/s1. The predicted octanol–water partition coefficient (Wildman–Crippen LogP) is 2.06. The van der Waals surface area contributed by atoms with E-state index in [1.807, 2.05) is 6.92 Å². The lowest BCUT2D eigenvalue weighted by molar-refractivity contribution is 0.0904. The molecule has 4 rings (SSSR count). The summed E-state index contributed by atoms with van der Waals surface area (Å²) in [7, 11) is 0. The lowest BCUT2D eigenvalue weighted by Gasteiger charge is -2.34. The van der Waals surface area contributed by atoms with Crippen molar-refractivity contribution in [1.82, 2.24) is 29.7 Å². The number of nitrogens with zero attached hydrogens (tertiary/aromatic N) is 5. The Balaban J connectivity index is 1.36. The molecule has 2 aromatic rings. The Labute approximate surface area is 158 Å². The van der Waals surface area contributed by atoms with Gasteiger partial charge in [0.2, 0.25) is 5.95 Å². The van der Waals surface area contributed by atoms with Crippen molar-refractivity contribution < 1.29 is 9.18 Å². The minimum Gasteiger partial charge on any atom is -0.348 e. The number of rotatable bonds is 4. The van der Waals surface area contributed by atoms with Gasteiger partial charge in [-0.05, 0) is 45.1 Å². The van der Waals surface area contributed by atoms with Gasteiger partial charge in [-0.1, -0.05) is 0 Å². The molecule has 7 nitrogen and oxygen atoms in total. The first kappa shape index (κ1) is 18.0. The molecule has 0 bridgehead atoms. The molecule has 27 heavy (non-hydrogen) atoms. The van der Waals surface area contributed by atoms with E-state index in [2.05, 4.69) is 25.2 Å². The van der Waals surface area contributed by atoms with Crippen molar-refractivity contribution in [2.45, 2.75) is 57.3 Å². The molecule has 2 aliphatic rings. The molecule has 8 heteroatoms. The van der Waals surface area contributed by atoms with Crippen molar-refractivity contribution in [2.75, 3.05) is 13.1 Å². The quantitative estimate of drug-likeness (QED) is 0.889. The molecule has 2 fully saturated rings. The second kappa shape index (κ2) is 7.72. The molecule has 1 aliphatic heterocycles. The summed E-state index contributed by atoms with van der Waals surface area (Å²) in [6.07, 6.45) is 8.83. The Morgan fingerprint density at radius 1 is 1.22 bits per heavy atom. The molecule has 0 spiro atoms. The van der Waals surface area contributed by atoms with Gasteiger partial charge in [0.05, 0.1) is 0 Å². The highest BCUT2D eigenvalue weighted by Crippen LogP contribution is 2.27.